The number of rotatable bonds is 7. The highest BCUT2D eigenvalue weighted by molar-refractivity contribution is 7.92. The Morgan fingerprint density at radius 3 is 2.76 bits per heavy atom. The molecule has 1 aromatic rings. The summed E-state index contributed by atoms with van der Waals surface area (Å²) < 4.78 is 21.5. The maximum atomic E-state index is 12.8. The molecular weight excluding hydrogens is 488 g/mol. The molecule has 18 heteroatoms. The molecular formula is C15H14N6O10S2. The number of aliphatic carboxylic acids is 2. The van der Waals surface area contributed by atoms with E-state index < -0.39 is 76.3 Å². The van der Waals surface area contributed by atoms with Crippen LogP contribution >= 0.6 is 11.5 Å². The molecule has 5 atom stereocenters. The molecule has 4 rings (SSSR count). The Bertz CT molecular complexity index is 1090. The molecule has 33 heavy (non-hydrogen) atoms. The lowest BCUT2D eigenvalue weighted by molar-refractivity contribution is -0.216. The number of nitrogens with two attached hydrogens (primary N) is 1. The van der Waals surface area contributed by atoms with E-state index in [0.29, 0.717) is 16.4 Å². The third-order valence-corrected chi connectivity index (χ3v) is 7.37. The Balaban J connectivity index is 1.58. The summed E-state index contributed by atoms with van der Waals surface area (Å²) >= 11 is -1.12. The van der Waals surface area contributed by atoms with E-state index in [4.69, 9.17) is 15.6 Å². The Kier molecular flexibility index (Phi) is 5.58. The number of carbonyl (C=O) groups excluding carboxylic acids is 3. The highest BCUT2D eigenvalue weighted by atomic mass is 32.2. The van der Waals surface area contributed by atoms with E-state index in [-0.39, 0.29) is 23.1 Å². The van der Waals surface area contributed by atoms with E-state index in [2.05, 4.69) is 24.7 Å². The number of fused-ring (bicyclic) bond motifs is 3. The molecule has 3 fully saturated rings. The van der Waals surface area contributed by atoms with Crippen molar-refractivity contribution in [2.75, 3.05) is 18.1 Å². The Morgan fingerprint density at radius 1 is 1.42 bits per heavy atom. The van der Waals surface area contributed by atoms with Crippen molar-refractivity contribution in [3.8, 4) is 0 Å². The number of β-lactam (4-membered cyclic amide) rings is 1. The fourth-order valence-electron chi connectivity index (χ4n) is 3.77. The first-order valence-electron chi connectivity index (χ1n) is 9.04. The number of nitrogens with zero attached hydrogens (tertiary/aromatic N) is 4. The first kappa shape index (κ1) is 22.7. The van der Waals surface area contributed by atoms with Gasteiger partial charge in [0.15, 0.2) is 11.2 Å². The quantitative estimate of drug-likeness (QED) is 0.0938. The van der Waals surface area contributed by atoms with Gasteiger partial charge in [-0.3, -0.25) is 14.4 Å². The van der Waals surface area contributed by atoms with Crippen molar-refractivity contribution in [3.05, 3.63) is 5.82 Å². The molecule has 1 aromatic heterocycles. The molecule has 176 valence electrons. The topological polar surface area (TPSA) is 247 Å². The van der Waals surface area contributed by atoms with Crippen molar-refractivity contribution in [2.45, 2.75) is 23.6 Å². The van der Waals surface area contributed by atoms with Crippen molar-refractivity contribution in [2.24, 2.45) is 11.1 Å². The molecule has 3 aliphatic rings. The molecule has 0 radical (unpaired) electrons. The first-order chi connectivity index (χ1) is 15.6. The largest absolute Gasteiger partial charge is 0.615 e. The third-order valence-electron chi connectivity index (χ3n) is 5.08. The van der Waals surface area contributed by atoms with Gasteiger partial charge in [-0.1, -0.05) is 5.16 Å². The van der Waals surface area contributed by atoms with Gasteiger partial charge >= 0.3 is 17.9 Å². The van der Waals surface area contributed by atoms with Crippen LogP contribution in [0.15, 0.2) is 5.16 Å². The number of hydrogen-bond donors (Lipinski definition) is 4. The summed E-state index contributed by atoms with van der Waals surface area (Å²) in [5, 5.41) is 22.7. The number of amides is 2. The molecule has 2 amide bonds. The van der Waals surface area contributed by atoms with Gasteiger partial charge in [0.2, 0.25) is 23.5 Å². The fourth-order valence-corrected chi connectivity index (χ4v) is 6.13. The number of carbonyl (C=O) groups is 5. The molecule has 5 N–H and O–H groups in total. The van der Waals surface area contributed by atoms with E-state index in [1.165, 1.54) is 0 Å². The summed E-state index contributed by atoms with van der Waals surface area (Å²) in [6.45, 7) is -0.896. The van der Waals surface area contributed by atoms with E-state index >= 15 is 0 Å². The molecule has 0 aromatic carbocycles. The molecule has 0 bridgehead atoms. The van der Waals surface area contributed by atoms with E-state index in [0.717, 1.165) is 0 Å². The average Bonchev–Trinajstić information content (AvgIpc) is 3.30. The van der Waals surface area contributed by atoms with Crippen molar-refractivity contribution < 1.29 is 48.3 Å². The van der Waals surface area contributed by atoms with Crippen LogP contribution in [0.2, 0.25) is 0 Å². The normalized spacial score (nSPS) is 30.6. The lowest BCUT2D eigenvalue weighted by Crippen LogP contribution is -2.84. The van der Waals surface area contributed by atoms with Crippen LogP contribution in [0.4, 0.5) is 5.13 Å². The Hall–Kier alpha value is -3.51. The minimum Gasteiger partial charge on any atom is -0.615 e. The minimum atomic E-state index is -2.31. The number of oxime groups is 1. The molecule has 4 heterocycles. The van der Waals surface area contributed by atoms with Gasteiger partial charge in [0.05, 0.1) is 12.3 Å². The molecule has 0 spiro atoms. The number of esters is 1. The number of aromatic nitrogens is 2. The highest BCUT2D eigenvalue weighted by Crippen LogP contribution is 2.48. The molecule has 0 unspecified atom stereocenters. The fraction of sp³-hybridized carbons (Fsp3) is 0.467. The van der Waals surface area contributed by atoms with Gasteiger partial charge in [0.25, 0.3) is 17.5 Å². The second kappa shape index (κ2) is 8.12. The lowest BCUT2D eigenvalue weighted by Gasteiger charge is -2.55. The predicted octanol–water partition coefficient (Wildman–Crippen LogP) is -3.31. The molecule has 16 nitrogen and oxygen atoms in total. The number of hydrogen-bond acceptors (Lipinski definition) is 13. The average molecular weight is 502 g/mol. The smallest absolute Gasteiger partial charge is 0.371 e. The van der Waals surface area contributed by atoms with Crippen molar-refractivity contribution in [1.82, 2.24) is 19.6 Å². The molecule has 0 saturated carbocycles. The Labute approximate surface area is 190 Å². The Morgan fingerprint density at radius 2 is 2.15 bits per heavy atom. The predicted molar refractivity (Wildman–Crippen MR) is 105 cm³/mol. The van der Waals surface area contributed by atoms with Gasteiger partial charge in [0.1, 0.15) is 5.75 Å². The van der Waals surface area contributed by atoms with Crippen LogP contribution in [0, 0.1) is 5.92 Å². The summed E-state index contributed by atoms with van der Waals surface area (Å²) in [5.41, 5.74) is 2.57. The second-order valence-corrected chi connectivity index (χ2v) is 9.40. The molecule has 3 saturated heterocycles. The highest BCUT2D eigenvalue weighted by Gasteiger charge is 2.76. The van der Waals surface area contributed by atoms with E-state index in [9.17, 15) is 33.6 Å². The van der Waals surface area contributed by atoms with Crippen LogP contribution in [0.5, 0.6) is 0 Å². The van der Waals surface area contributed by atoms with Gasteiger partial charge in [0, 0.05) is 11.5 Å². The van der Waals surface area contributed by atoms with Crippen molar-refractivity contribution in [3.63, 3.8) is 0 Å². The van der Waals surface area contributed by atoms with Crippen molar-refractivity contribution in [1.29, 1.82) is 0 Å². The zero-order chi connectivity index (χ0) is 24.1. The van der Waals surface area contributed by atoms with Crippen LogP contribution in [-0.4, -0.2) is 94.0 Å². The first-order valence-corrected chi connectivity index (χ1v) is 11.2. The van der Waals surface area contributed by atoms with Crippen LogP contribution in [-0.2, 0) is 44.7 Å². The number of anilines is 1. The van der Waals surface area contributed by atoms with E-state index in [1.807, 2.05) is 0 Å². The number of ether oxygens (including phenoxy) is 1. The maximum Gasteiger partial charge on any atom is 0.371 e. The number of nitrogens with one attached hydrogen (secondary N) is 1. The third kappa shape index (κ3) is 3.60. The van der Waals surface area contributed by atoms with Crippen LogP contribution < -0.4 is 11.1 Å². The zero-order valence-electron chi connectivity index (χ0n) is 16.2. The summed E-state index contributed by atoms with van der Waals surface area (Å²) in [6.07, 6.45) is -0.319. The minimum absolute atomic E-state index is 0.0412. The summed E-state index contributed by atoms with van der Waals surface area (Å²) in [4.78, 5) is 69.0. The lowest BCUT2D eigenvalue weighted by atomic mass is 9.89. The van der Waals surface area contributed by atoms with Gasteiger partial charge in [-0.2, -0.15) is 9.36 Å². The summed E-state index contributed by atoms with van der Waals surface area (Å²) in [6, 6.07) is -1.45. The second-order valence-electron chi connectivity index (χ2n) is 7.04. The van der Waals surface area contributed by atoms with E-state index in [1.54, 1.807) is 0 Å². The number of nitrogen functional groups attached to an aromatic ring is 1. The van der Waals surface area contributed by atoms with Crippen LogP contribution in [0.3, 0.4) is 0 Å². The van der Waals surface area contributed by atoms with Gasteiger partial charge in [-0.05, 0) is 11.2 Å². The molecule has 0 aliphatic carbocycles. The van der Waals surface area contributed by atoms with Crippen LogP contribution in [0.25, 0.3) is 0 Å². The summed E-state index contributed by atoms with van der Waals surface area (Å²) in [5.74, 6) is -7.44. The SMILES string of the molecule is Nc1nc(/C(=N/OCC(=O)O)C(=O)N[C@@H]2C(=O)N3[C@@H]2[S@@+]([O-])C[C@@H]2CC(=O)O[C@@]23C(=O)O)ns1. The summed E-state index contributed by atoms with van der Waals surface area (Å²) in [7, 11) is 0. The maximum absolute atomic E-state index is 12.8. The van der Waals surface area contributed by atoms with Gasteiger partial charge < -0.3 is 35.4 Å². The number of carboxylic acid groups (broad SMARTS) is 2. The number of carboxylic acids is 2. The van der Waals surface area contributed by atoms with Gasteiger partial charge in [-0.25, -0.2) is 14.5 Å². The monoisotopic (exact) mass is 502 g/mol. The van der Waals surface area contributed by atoms with Crippen molar-refractivity contribution >= 4 is 63.3 Å². The van der Waals surface area contributed by atoms with Gasteiger partial charge in [-0.15, -0.1) is 0 Å². The zero-order valence-corrected chi connectivity index (χ0v) is 17.8. The standard InChI is InChI=1S/C15H14N6O10S2/c16-14-18-9(20-32-14)7(19-30-2-5(22)23)10(25)17-8-11(26)21-12(8)33(29)3-4-1-6(24)31-15(4,21)13(27)28/h4,8,12H,1-3H2,(H,17,25)(H,22,23)(H,27,28)(H2,16,18,20)/b19-7-/t4-,8+,12+,15+,33-/m0/s1. The van der Waals surface area contributed by atoms with Crippen LogP contribution in [0.1, 0.15) is 12.2 Å². The molecule has 3 aliphatic heterocycles.